The van der Waals surface area contributed by atoms with Gasteiger partial charge in [-0.15, -0.1) is 10.2 Å². The Morgan fingerprint density at radius 2 is 1.95 bits per heavy atom. The van der Waals surface area contributed by atoms with E-state index in [1.54, 1.807) is 13.0 Å². The van der Waals surface area contributed by atoms with Crippen LogP contribution in [0.2, 0.25) is 10.0 Å². The Labute approximate surface area is 239 Å². The van der Waals surface area contributed by atoms with Gasteiger partial charge in [0.2, 0.25) is 5.89 Å². The number of aromatic nitrogens is 3. The molecule has 0 spiro atoms. The van der Waals surface area contributed by atoms with Gasteiger partial charge in [0.05, 0.1) is 34.3 Å². The van der Waals surface area contributed by atoms with Crippen LogP contribution in [0.5, 0.6) is 11.5 Å². The molecule has 40 heavy (non-hydrogen) atoms. The van der Waals surface area contributed by atoms with Crippen LogP contribution < -0.4 is 10.1 Å². The number of nitriles is 1. The predicted molar refractivity (Wildman–Crippen MR) is 145 cm³/mol. The molecule has 0 atom stereocenters. The predicted octanol–water partition coefficient (Wildman–Crippen LogP) is 7.59. The highest BCUT2D eigenvalue weighted by molar-refractivity contribution is 7.19. The molecule has 0 fully saturated rings. The summed E-state index contributed by atoms with van der Waals surface area (Å²) in [6, 6.07) is 14.7. The summed E-state index contributed by atoms with van der Waals surface area (Å²) in [5, 5.41) is 20.2. The number of nitrogens with zero attached hydrogens (tertiary/aromatic N) is 4. The molecule has 5 aromatic rings. The minimum absolute atomic E-state index is 0.0104. The molecule has 1 N–H and O–H groups in total. The van der Waals surface area contributed by atoms with Crippen molar-refractivity contribution in [2.75, 3.05) is 5.32 Å². The van der Waals surface area contributed by atoms with Crippen LogP contribution in [0.15, 0.2) is 59.0 Å². The summed E-state index contributed by atoms with van der Waals surface area (Å²) in [5.41, 5.74) is 0.778. The van der Waals surface area contributed by atoms with Crippen molar-refractivity contribution >= 4 is 45.6 Å². The lowest BCUT2D eigenvalue weighted by atomic mass is 10.1. The molecule has 1 amide bonds. The number of amides is 1. The minimum atomic E-state index is -0.752. The smallest absolute Gasteiger partial charge is 0.260 e. The molecule has 2 heterocycles. The number of rotatable bonds is 7. The molecular formula is C27H15Cl2F2N5O3S. The summed E-state index contributed by atoms with van der Waals surface area (Å²) in [7, 11) is 0. The van der Waals surface area contributed by atoms with E-state index >= 15 is 4.39 Å². The van der Waals surface area contributed by atoms with E-state index in [0.29, 0.717) is 10.6 Å². The number of aryl methyl sites for hydroxylation is 1. The third kappa shape index (κ3) is 5.79. The standard InChI is InChI=1S/C27H15Cl2F2N5O3S/c1-13-24(40-27(33-13)34-25(37)18-4-2-3-5-20(18)30)26-36-35-21(39-26)10-15-6-7-19(29)23(22(15)31)38-17-9-14(12-32)8-16(28)11-17/h2-9,11H,10H2,1H3,(H,33,34,37). The highest BCUT2D eigenvalue weighted by Gasteiger charge is 2.21. The van der Waals surface area contributed by atoms with Gasteiger partial charge in [0.25, 0.3) is 11.8 Å². The second-order valence-electron chi connectivity index (χ2n) is 8.28. The largest absolute Gasteiger partial charge is 0.453 e. The summed E-state index contributed by atoms with van der Waals surface area (Å²) in [4.78, 5) is 17.2. The first-order valence-electron chi connectivity index (χ1n) is 11.4. The first-order valence-corrected chi connectivity index (χ1v) is 13.0. The summed E-state index contributed by atoms with van der Waals surface area (Å²) in [5.74, 6) is -1.95. The van der Waals surface area contributed by atoms with Gasteiger partial charge in [-0.1, -0.05) is 52.7 Å². The van der Waals surface area contributed by atoms with E-state index in [1.807, 2.05) is 6.07 Å². The molecule has 3 aromatic carbocycles. The first-order chi connectivity index (χ1) is 19.2. The third-order valence-electron chi connectivity index (χ3n) is 5.49. The van der Waals surface area contributed by atoms with E-state index in [2.05, 4.69) is 20.5 Å². The second kappa shape index (κ2) is 11.4. The van der Waals surface area contributed by atoms with E-state index in [4.69, 9.17) is 37.6 Å². The van der Waals surface area contributed by atoms with Crippen molar-refractivity contribution in [2.45, 2.75) is 13.3 Å². The van der Waals surface area contributed by atoms with E-state index in [1.165, 1.54) is 48.5 Å². The van der Waals surface area contributed by atoms with Gasteiger partial charge in [0.1, 0.15) is 16.4 Å². The lowest BCUT2D eigenvalue weighted by Gasteiger charge is -2.11. The van der Waals surface area contributed by atoms with Gasteiger partial charge in [-0.3, -0.25) is 10.1 Å². The Morgan fingerprint density at radius 1 is 1.15 bits per heavy atom. The molecule has 13 heteroatoms. The molecule has 8 nitrogen and oxygen atoms in total. The molecule has 0 bridgehead atoms. The van der Waals surface area contributed by atoms with Crippen LogP contribution in [-0.2, 0) is 6.42 Å². The van der Waals surface area contributed by atoms with Crippen LogP contribution in [-0.4, -0.2) is 21.1 Å². The number of benzene rings is 3. The van der Waals surface area contributed by atoms with Gasteiger partial charge in [-0.25, -0.2) is 13.8 Å². The molecule has 0 radical (unpaired) electrons. The Bertz CT molecular complexity index is 1800. The number of thiazole rings is 1. The van der Waals surface area contributed by atoms with E-state index in [-0.39, 0.29) is 61.6 Å². The molecule has 0 saturated carbocycles. The van der Waals surface area contributed by atoms with Crippen molar-refractivity contribution in [1.29, 1.82) is 5.26 Å². The summed E-state index contributed by atoms with van der Waals surface area (Å²) in [6.07, 6.45) is -0.0833. The fourth-order valence-corrected chi connectivity index (χ4v) is 4.94. The SMILES string of the molecule is Cc1nc(NC(=O)c2ccccc2F)sc1-c1nnc(Cc2ccc(Cl)c(Oc3cc(Cl)cc(C#N)c3)c2F)o1. The van der Waals surface area contributed by atoms with Crippen LogP contribution in [0.4, 0.5) is 13.9 Å². The van der Waals surface area contributed by atoms with Gasteiger partial charge in [-0.05, 0) is 43.3 Å². The lowest BCUT2D eigenvalue weighted by molar-refractivity contribution is 0.102. The average Bonchev–Trinajstić information content (AvgIpc) is 3.53. The molecular weight excluding hydrogens is 583 g/mol. The number of nitrogens with one attached hydrogen (secondary N) is 1. The maximum absolute atomic E-state index is 15.4. The topological polar surface area (TPSA) is 114 Å². The Kier molecular flexibility index (Phi) is 7.75. The van der Waals surface area contributed by atoms with Gasteiger partial charge in [0.15, 0.2) is 16.7 Å². The van der Waals surface area contributed by atoms with E-state index in [9.17, 15) is 9.18 Å². The number of hydrogen-bond donors (Lipinski definition) is 1. The second-order valence-corrected chi connectivity index (χ2v) is 10.1. The third-order valence-corrected chi connectivity index (χ3v) is 7.06. The zero-order valence-electron chi connectivity index (χ0n) is 20.3. The Morgan fingerprint density at radius 3 is 2.73 bits per heavy atom. The molecule has 200 valence electrons. The molecule has 0 aliphatic carbocycles. The van der Waals surface area contributed by atoms with E-state index < -0.39 is 17.5 Å². The van der Waals surface area contributed by atoms with Crippen LogP contribution in [0.25, 0.3) is 10.8 Å². The van der Waals surface area contributed by atoms with Crippen molar-refractivity contribution in [1.82, 2.24) is 15.2 Å². The maximum atomic E-state index is 15.4. The van der Waals surface area contributed by atoms with E-state index in [0.717, 1.165) is 11.3 Å². The van der Waals surface area contributed by atoms with Crippen LogP contribution in [0, 0.1) is 29.9 Å². The van der Waals surface area contributed by atoms with Crippen LogP contribution in [0.3, 0.4) is 0 Å². The molecule has 0 saturated heterocycles. The van der Waals surface area contributed by atoms with Crippen molar-refractivity contribution < 1.29 is 22.7 Å². The molecule has 0 unspecified atom stereocenters. The van der Waals surface area contributed by atoms with Crippen LogP contribution in [0.1, 0.15) is 33.1 Å². The van der Waals surface area contributed by atoms with Crippen molar-refractivity contribution in [3.63, 3.8) is 0 Å². The fourth-order valence-electron chi connectivity index (χ4n) is 3.65. The van der Waals surface area contributed by atoms with Gasteiger partial charge < -0.3 is 9.15 Å². The first kappa shape index (κ1) is 27.2. The summed E-state index contributed by atoms with van der Waals surface area (Å²) >= 11 is 13.3. The number of carbonyl (C=O) groups excluding carboxylic acids is 1. The van der Waals surface area contributed by atoms with Gasteiger partial charge in [-0.2, -0.15) is 5.26 Å². The molecule has 5 rings (SSSR count). The quantitative estimate of drug-likeness (QED) is 0.205. The fraction of sp³-hybridized carbons (Fsp3) is 0.0741. The Balaban J connectivity index is 1.34. The number of hydrogen-bond acceptors (Lipinski definition) is 8. The highest BCUT2D eigenvalue weighted by atomic mass is 35.5. The lowest BCUT2D eigenvalue weighted by Crippen LogP contribution is -2.13. The number of carbonyl (C=O) groups is 1. The molecule has 0 aliphatic heterocycles. The monoisotopic (exact) mass is 597 g/mol. The molecule has 2 aromatic heterocycles. The van der Waals surface area contributed by atoms with Gasteiger partial charge in [0, 0.05) is 10.6 Å². The number of halogens is 4. The van der Waals surface area contributed by atoms with Crippen molar-refractivity contribution in [2.24, 2.45) is 0 Å². The highest BCUT2D eigenvalue weighted by Crippen LogP contribution is 2.37. The maximum Gasteiger partial charge on any atom is 0.260 e. The molecule has 0 aliphatic rings. The number of anilines is 1. The normalized spacial score (nSPS) is 10.8. The zero-order valence-corrected chi connectivity index (χ0v) is 22.7. The summed E-state index contributed by atoms with van der Waals surface area (Å²) in [6.45, 7) is 1.69. The zero-order chi connectivity index (χ0) is 28.4. The number of ether oxygens (including phenoxy) is 1. The average molecular weight is 598 g/mol. The van der Waals surface area contributed by atoms with Crippen molar-refractivity contribution in [3.8, 4) is 28.3 Å². The Hall–Kier alpha value is -4.37. The van der Waals surface area contributed by atoms with Gasteiger partial charge >= 0.3 is 0 Å². The minimum Gasteiger partial charge on any atom is -0.453 e. The van der Waals surface area contributed by atoms with Crippen LogP contribution >= 0.6 is 34.5 Å². The van der Waals surface area contributed by atoms with Crippen molar-refractivity contribution in [3.05, 3.63) is 105 Å². The summed E-state index contributed by atoms with van der Waals surface area (Å²) < 4.78 is 40.7.